The van der Waals surface area contributed by atoms with Crippen LogP contribution >= 0.6 is 0 Å². The van der Waals surface area contributed by atoms with E-state index in [0.717, 1.165) is 19.3 Å². The van der Waals surface area contributed by atoms with Crippen LogP contribution < -0.4 is 0 Å². The van der Waals surface area contributed by atoms with Crippen LogP contribution in [0.4, 0.5) is 0 Å². The predicted molar refractivity (Wildman–Crippen MR) is 115 cm³/mol. The third-order valence-corrected chi connectivity index (χ3v) is 5.57. The molecule has 0 bridgehead atoms. The Bertz CT molecular complexity index is 580. The molecule has 3 N–H and O–H groups in total. The predicted octanol–water partition coefficient (Wildman–Crippen LogP) is 7.13. The summed E-state index contributed by atoms with van der Waals surface area (Å²) in [7, 11) is 0. The molecule has 0 amide bonds. The van der Waals surface area contributed by atoms with Gasteiger partial charge in [-0.3, -0.25) is 0 Å². The molecule has 4 nitrogen and oxygen atoms in total. The largest absolute Gasteiger partial charge is 0.508 e. The van der Waals surface area contributed by atoms with E-state index in [2.05, 4.69) is 6.92 Å². The number of phenolic OH excluding ortho intramolecular Hbond substituents is 1. The van der Waals surface area contributed by atoms with E-state index in [1.807, 2.05) is 0 Å². The summed E-state index contributed by atoms with van der Waals surface area (Å²) in [6.07, 6.45) is 18.3. The lowest BCUT2D eigenvalue weighted by Gasteiger charge is -2.12. The molecule has 1 rings (SSSR count). The second-order valence-corrected chi connectivity index (χ2v) is 8.07. The molecule has 4 heteroatoms. The second-order valence-electron chi connectivity index (χ2n) is 8.07. The van der Waals surface area contributed by atoms with Crippen molar-refractivity contribution in [3.05, 3.63) is 22.8 Å². The van der Waals surface area contributed by atoms with Gasteiger partial charge in [0.15, 0.2) is 0 Å². The fourth-order valence-electron chi connectivity index (χ4n) is 3.84. The van der Waals surface area contributed by atoms with E-state index < -0.39 is 5.97 Å². The molecule has 0 saturated carbocycles. The molecule has 1 aromatic rings. The van der Waals surface area contributed by atoms with Crippen LogP contribution in [0.25, 0.3) is 0 Å². The zero-order valence-electron chi connectivity index (χ0n) is 17.9. The van der Waals surface area contributed by atoms with Crippen molar-refractivity contribution in [2.45, 2.75) is 110 Å². The Morgan fingerprint density at radius 1 is 0.786 bits per heavy atom. The number of carboxylic acids is 1. The van der Waals surface area contributed by atoms with E-state index in [9.17, 15) is 20.1 Å². The molecule has 0 aromatic heterocycles. The molecule has 0 aliphatic carbocycles. The maximum atomic E-state index is 11.3. The lowest BCUT2D eigenvalue weighted by atomic mass is 9.97. The van der Waals surface area contributed by atoms with Gasteiger partial charge in [-0.2, -0.15) is 0 Å². The molecule has 0 unspecified atom stereocenters. The minimum absolute atomic E-state index is 0.00491. The van der Waals surface area contributed by atoms with Crippen molar-refractivity contribution in [3.63, 3.8) is 0 Å². The molecule has 28 heavy (non-hydrogen) atoms. The van der Waals surface area contributed by atoms with Crippen molar-refractivity contribution in [1.29, 1.82) is 0 Å². The highest BCUT2D eigenvalue weighted by molar-refractivity contribution is 5.93. The molecule has 0 aliphatic rings. The van der Waals surface area contributed by atoms with Crippen molar-refractivity contribution in [3.8, 4) is 11.5 Å². The van der Waals surface area contributed by atoms with Crippen LogP contribution in [-0.2, 0) is 6.42 Å². The number of unbranched alkanes of at least 4 members (excludes halogenated alkanes) is 13. The van der Waals surface area contributed by atoms with Crippen LogP contribution in [-0.4, -0.2) is 21.3 Å². The molecule has 0 atom stereocenters. The van der Waals surface area contributed by atoms with Crippen LogP contribution in [0.15, 0.2) is 6.07 Å². The van der Waals surface area contributed by atoms with E-state index in [4.69, 9.17) is 0 Å². The topological polar surface area (TPSA) is 77.8 Å². The number of carboxylic acid groups (broad SMARTS) is 1. The molecule has 1 aromatic carbocycles. The van der Waals surface area contributed by atoms with Gasteiger partial charge in [0.05, 0.1) is 0 Å². The monoisotopic (exact) mass is 392 g/mol. The van der Waals surface area contributed by atoms with Gasteiger partial charge < -0.3 is 15.3 Å². The number of rotatable bonds is 16. The Kier molecular flexibility index (Phi) is 12.4. The van der Waals surface area contributed by atoms with Crippen molar-refractivity contribution >= 4 is 5.97 Å². The first-order chi connectivity index (χ1) is 13.5. The van der Waals surface area contributed by atoms with Gasteiger partial charge >= 0.3 is 5.97 Å². The number of phenols is 2. The molecule has 0 heterocycles. The fourth-order valence-corrected chi connectivity index (χ4v) is 3.84. The number of benzene rings is 1. The summed E-state index contributed by atoms with van der Waals surface area (Å²) in [6, 6.07) is 1.43. The number of aromatic carboxylic acids is 1. The van der Waals surface area contributed by atoms with Gasteiger partial charge in [-0.1, -0.05) is 90.4 Å². The zero-order chi connectivity index (χ0) is 20.8. The number of carbonyl (C=O) groups is 1. The third kappa shape index (κ3) is 8.99. The molecule has 0 aliphatic heterocycles. The minimum atomic E-state index is -1.16. The summed E-state index contributed by atoms with van der Waals surface area (Å²) in [5.74, 6) is -1.44. The number of aromatic hydroxyl groups is 2. The Morgan fingerprint density at radius 3 is 1.64 bits per heavy atom. The maximum absolute atomic E-state index is 11.3. The number of aryl methyl sites for hydroxylation is 1. The third-order valence-electron chi connectivity index (χ3n) is 5.57. The summed E-state index contributed by atoms with van der Waals surface area (Å²) in [4.78, 5) is 11.3. The average molecular weight is 393 g/mol. The van der Waals surface area contributed by atoms with Gasteiger partial charge in [-0.05, 0) is 31.4 Å². The quantitative estimate of drug-likeness (QED) is 0.261. The van der Waals surface area contributed by atoms with Gasteiger partial charge in [0.25, 0.3) is 0 Å². The summed E-state index contributed by atoms with van der Waals surface area (Å²) < 4.78 is 0. The average Bonchev–Trinajstić information content (AvgIpc) is 2.63. The normalized spacial score (nSPS) is 11.1. The van der Waals surface area contributed by atoms with E-state index in [1.165, 1.54) is 76.7 Å². The van der Waals surface area contributed by atoms with Gasteiger partial charge in [0, 0.05) is 5.56 Å². The number of hydrogen-bond donors (Lipinski definition) is 3. The summed E-state index contributed by atoms with van der Waals surface area (Å²) >= 11 is 0. The van der Waals surface area contributed by atoms with Gasteiger partial charge in [0.1, 0.15) is 17.1 Å². The Balaban J connectivity index is 2.11. The van der Waals surface area contributed by atoms with Gasteiger partial charge in [0.2, 0.25) is 0 Å². The fraction of sp³-hybridized carbons (Fsp3) is 0.708. The Hall–Kier alpha value is -1.71. The lowest BCUT2D eigenvalue weighted by Crippen LogP contribution is -2.03. The van der Waals surface area contributed by atoms with Crippen molar-refractivity contribution < 1.29 is 20.1 Å². The standard InChI is InChI=1S/C24H40O4/c1-3-4-5-6-7-8-9-10-11-12-13-14-15-16-17-20-21(25)18-19(2)22(23(20)26)24(27)28/h18,25-26H,3-17H2,1-2H3,(H,27,28). The summed E-state index contributed by atoms with van der Waals surface area (Å²) in [5.41, 5.74) is 0.646. The molecule has 0 spiro atoms. The molecule has 0 fully saturated rings. The molecular formula is C24H40O4. The van der Waals surface area contributed by atoms with Crippen molar-refractivity contribution in [1.82, 2.24) is 0 Å². The maximum Gasteiger partial charge on any atom is 0.339 e. The van der Waals surface area contributed by atoms with E-state index in [0.29, 0.717) is 17.5 Å². The number of hydrogen-bond acceptors (Lipinski definition) is 3. The Morgan fingerprint density at radius 2 is 1.21 bits per heavy atom. The van der Waals surface area contributed by atoms with Crippen LogP contribution in [0.2, 0.25) is 0 Å². The second kappa shape index (κ2) is 14.3. The molecule has 0 saturated heterocycles. The molecular weight excluding hydrogens is 352 g/mol. The van der Waals surface area contributed by atoms with Crippen LogP contribution in [0.1, 0.15) is 118 Å². The van der Waals surface area contributed by atoms with Gasteiger partial charge in [-0.15, -0.1) is 0 Å². The summed E-state index contributed by atoms with van der Waals surface area (Å²) in [6.45, 7) is 3.84. The van der Waals surface area contributed by atoms with Crippen molar-refractivity contribution in [2.75, 3.05) is 0 Å². The van der Waals surface area contributed by atoms with Crippen LogP contribution in [0.3, 0.4) is 0 Å². The van der Waals surface area contributed by atoms with Crippen LogP contribution in [0.5, 0.6) is 11.5 Å². The first-order valence-corrected chi connectivity index (χ1v) is 11.3. The minimum Gasteiger partial charge on any atom is -0.508 e. The van der Waals surface area contributed by atoms with Gasteiger partial charge in [-0.25, -0.2) is 4.79 Å². The lowest BCUT2D eigenvalue weighted by molar-refractivity contribution is 0.0692. The van der Waals surface area contributed by atoms with E-state index in [1.54, 1.807) is 6.92 Å². The first-order valence-electron chi connectivity index (χ1n) is 11.3. The Labute approximate surface area is 171 Å². The highest BCUT2D eigenvalue weighted by atomic mass is 16.4. The highest BCUT2D eigenvalue weighted by Crippen LogP contribution is 2.34. The SMILES string of the molecule is CCCCCCCCCCCCCCCCc1c(O)cc(C)c(C(=O)O)c1O. The van der Waals surface area contributed by atoms with Crippen LogP contribution in [0, 0.1) is 6.92 Å². The first kappa shape index (κ1) is 24.3. The van der Waals surface area contributed by atoms with Crippen molar-refractivity contribution in [2.24, 2.45) is 0 Å². The summed E-state index contributed by atoms with van der Waals surface area (Å²) in [5, 5.41) is 29.4. The molecule has 160 valence electrons. The smallest absolute Gasteiger partial charge is 0.339 e. The zero-order valence-corrected chi connectivity index (χ0v) is 17.9. The van der Waals surface area contributed by atoms with E-state index >= 15 is 0 Å². The highest BCUT2D eigenvalue weighted by Gasteiger charge is 2.19. The molecule has 0 radical (unpaired) electrons. The van der Waals surface area contributed by atoms with E-state index in [-0.39, 0.29) is 17.1 Å².